The highest BCUT2D eigenvalue weighted by Crippen LogP contribution is 2.17. The fourth-order valence-corrected chi connectivity index (χ4v) is 3.07. The Morgan fingerprint density at radius 3 is 2.05 bits per heavy atom. The predicted molar refractivity (Wildman–Crippen MR) is 74.7 cm³/mol. The Labute approximate surface area is 115 Å². The molecule has 0 unspecified atom stereocenters. The maximum Gasteiger partial charge on any atom is 0.229 e. The SMILES string of the molecule is O=C1CCCCC(=O)N1CCNC1CCCCCC1. The summed E-state index contributed by atoms with van der Waals surface area (Å²) in [6, 6.07) is 0.583. The zero-order valence-corrected chi connectivity index (χ0v) is 11.8. The number of nitrogens with zero attached hydrogens (tertiary/aromatic N) is 1. The molecule has 1 aliphatic heterocycles. The van der Waals surface area contributed by atoms with E-state index in [1.807, 2.05) is 0 Å². The van der Waals surface area contributed by atoms with Gasteiger partial charge < -0.3 is 5.32 Å². The van der Waals surface area contributed by atoms with Gasteiger partial charge in [0.15, 0.2) is 0 Å². The Bertz CT molecular complexity index is 291. The van der Waals surface area contributed by atoms with Crippen LogP contribution in [0.3, 0.4) is 0 Å². The number of nitrogens with one attached hydrogen (secondary N) is 1. The summed E-state index contributed by atoms with van der Waals surface area (Å²) in [5, 5.41) is 3.52. The third-order valence-corrected chi connectivity index (χ3v) is 4.26. The fraction of sp³-hybridized carbons (Fsp3) is 0.867. The highest BCUT2D eigenvalue weighted by Gasteiger charge is 2.23. The summed E-state index contributed by atoms with van der Waals surface area (Å²) in [6.07, 6.45) is 10.6. The topological polar surface area (TPSA) is 49.4 Å². The molecule has 1 N–H and O–H groups in total. The highest BCUT2D eigenvalue weighted by molar-refractivity contribution is 5.96. The van der Waals surface area contributed by atoms with E-state index in [0.717, 1.165) is 19.4 Å². The Balaban J connectivity index is 1.73. The Morgan fingerprint density at radius 2 is 1.47 bits per heavy atom. The number of rotatable bonds is 4. The van der Waals surface area contributed by atoms with Crippen molar-refractivity contribution in [3.8, 4) is 0 Å². The second-order valence-electron chi connectivity index (χ2n) is 5.79. The molecule has 0 atom stereocenters. The van der Waals surface area contributed by atoms with Crippen molar-refractivity contribution in [3.05, 3.63) is 0 Å². The van der Waals surface area contributed by atoms with E-state index in [1.54, 1.807) is 0 Å². The smallest absolute Gasteiger partial charge is 0.229 e. The molecule has 2 aliphatic rings. The van der Waals surface area contributed by atoms with Crippen molar-refractivity contribution in [1.82, 2.24) is 10.2 Å². The Hall–Kier alpha value is -0.900. The van der Waals surface area contributed by atoms with E-state index >= 15 is 0 Å². The Kier molecular flexibility index (Phi) is 5.83. The van der Waals surface area contributed by atoms with Gasteiger partial charge in [0.2, 0.25) is 11.8 Å². The Morgan fingerprint density at radius 1 is 0.895 bits per heavy atom. The maximum absolute atomic E-state index is 11.8. The first-order valence-corrected chi connectivity index (χ1v) is 7.84. The maximum atomic E-state index is 11.8. The van der Waals surface area contributed by atoms with Crippen LogP contribution in [-0.4, -0.2) is 35.8 Å². The fourth-order valence-electron chi connectivity index (χ4n) is 3.07. The van der Waals surface area contributed by atoms with Crippen LogP contribution in [0.25, 0.3) is 0 Å². The number of carbonyl (C=O) groups is 2. The molecule has 2 amide bonds. The summed E-state index contributed by atoms with van der Waals surface area (Å²) in [5.74, 6) is 0.0373. The van der Waals surface area contributed by atoms with Crippen LogP contribution in [0.5, 0.6) is 0 Å². The van der Waals surface area contributed by atoms with Crippen molar-refractivity contribution in [2.45, 2.75) is 70.3 Å². The van der Waals surface area contributed by atoms with Crippen molar-refractivity contribution in [2.24, 2.45) is 0 Å². The van der Waals surface area contributed by atoms with E-state index in [2.05, 4.69) is 5.32 Å². The molecule has 1 saturated heterocycles. The number of likely N-dealkylation sites (tertiary alicyclic amines) is 1. The van der Waals surface area contributed by atoms with E-state index in [0.29, 0.717) is 25.4 Å². The van der Waals surface area contributed by atoms with Gasteiger partial charge in [-0.25, -0.2) is 0 Å². The van der Waals surface area contributed by atoms with E-state index in [9.17, 15) is 9.59 Å². The molecule has 2 rings (SSSR count). The number of amides is 2. The van der Waals surface area contributed by atoms with Gasteiger partial charge in [0.25, 0.3) is 0 Å². The van der Waals surface area contributed by atoms with Crippen LogP contribution in [0.4, 0.5) is 0 Å². The van der Waals surface area contributed by atoms with Crippen LogP contribution in [0.15, 0.2) is 0 Å². The summed E-state index contributed by atoms with van der Waals surface area (Å²) in [5.41, 5.74) is 0. The molecule has 0 radical (unpaired) electrons. The summed E-state index contributed by atoms with van der Waals surface area (Å²) < 4.78 is 0. The zero-order chi connectivity index (χ0) is 13.5. The second kappa shape index (κ2) is 7.63. The predicted octanol–water partition coefficient (Wildman–Crippen LogP) is 2.23. The number of hydrogen-bond acceptors (Lipinski definition) is 3. The molecule has 0 bridgehead atoms. The first-order chi connectivity index (χ1) is 9.27. The van der Waals surface area contributed by atoms with Crippen LogP contribution in [-0.2, 0) is 9.59 Å². The van der Waals surface area contributed by atoms with Crippen molar-refractivity contribution >= 4 is 11.8 Å². The first-order valence-electron chi connectivity index (χ1n) is 7.84. The molecule has 0 aromatic rings. The normalized spacial score (nSPS) is 23.3. The lowest BCUT2D eigenvalue weighted by Crippen LogP contribution is -2.42. The van der Waals surface area contributed by atoms with Crippen molar-refractivity contribution in [3.63, 3.8) is 0 Å². The minimum atomic E-state index is 0.0187. The number of imide groups is 1. The minimum absolute atomic E-state index is 0.0187. The third kappa shape index (κ3) is 4.60. The molecule has 4 nitrogen and oxygen atoms in total. The molecule has 1 saturated carbocycles. The highest BCUT2D eigenvalue weighted by atomic mass is 16.2. The van der Waals surface area contributed by atoms with Gasteiger partial charge in [-0.3, -0.25) is 14.5 Å². The van der Waals surface area contributed by atoms with Gasteiger partial charge in [-0.1, -0.05) is 25.7 Å². The van der Waals surface area contributed by atoms with Gasteiger partial charge in [-0.15, -0.1) is 0 Å². The van der Waals surface area contributed by atoms with Crippen LogP contribution in [0.1, 0.15) is 64.2 Å². The zero-order valence-electron chi connectivity index (χ0n) is 11.8. The summed E-state index contributed by atoms with van der Waals surface area (Å²) in [6.45, 7) is 1.30. The summed E-state index contributed by atoms with van der Waals surface area (Å²) in [7, 11) is 0. The number of carbonyl (C=O) groups excluding carboxylic acids is 2. The first kappa shape index (κ1) is 14.5. The van der Waals surface area contributed by atoms with Gasteiger partial charge >= 0.3 is 0 Å². The lowest BCUT2D eigenvalue weighted by Gasteiger charge is -2.21. The third-order valence-electron chi connectivity index (χ3n) is 4.26. The van der Waals surface area contributed by atoms with Crippen molar-refractivity contribution < 1.29 is 9.59 Å². The molecule has 1 heterocycles. The van der Waals surface area contributed by atoms with Gasteiger partial charge in [-0.05, 0) is 25.7 Å². The van der Waals surface area contributed by atoms with E-state index < -0.39 is 0 Å². The molecule has 0 spiro atoms. The summed E-state index contributed by atoms with van der Waals surface area (Å²) >= 11 is 0. The van der Waals surface area contributed by atoms with Crippen molar-refractivity contribution in [2.75, 3.05) is 13.1 Å². The lowest BCUT2D eigenvalue weighted by molar-refractivity contribution is -0.143. The molecule has 0 aromatic heterocycles. The van der Waals surface area contributed by atoms with Crippen LogP contribution in [0.2, 0.25) is 0 Å². The van der Waals surface area contributed by atoms with Gasteiger partial charge in [0.1, 0.15) is 0 Å². The van der Waals surface area contributed by atoms with E-state index in [4.69, 9.17) is 0 Å². The molecule has 19 heavy (non-hydrogen) atoms. The van der Waals surface area contributed by atoms with Gasteiger partial charge in [-0.2, -0.15) is 0 Å². The largest absolute Gasteiger partial charge is 0.312 e. The van der Waals surface area contributed by atoms with Crippen molar-refractivity contribution in [1.29, 1.82) is 0 Å². The molecular weight excluding hydrogens is 240 g/mol. The average Bonchev–Trinajstić information content (AvgIpc) is 2.74. The minimum Gasteiger partial charge on any atom is -0.312 e. The quantitative estimate of drug-likeness (QED) is 0.627. The molecule has 2 fully saturated rings. The molecular formula is C15H26N2O2. The van der Waals surface area contributed by atoms with Crippen LogP contribution in [0, 0.1) is 0 Å². The van der Waals surface area contributed by atoms with Gasteiger partial charge in [0, 0.05) is 32.0 Å². The number of hydrogen-bond donors (Lipinski definition) is 1. The van der Waals surface area contributed by atoms with E-state index in [1.165, 1.54) is 43.4 Å². The van der Waals surface area contributed by atoms with Crippen LogP contribution >= 0.6 is 0 Å². The monoisotopic (exact) mass is 266 g/mol. The van der Waals surface area contributed by atoms with E-state index in [-0.39, 0.29) is 11.8 Å². The molecule has 4 heteroatoms. The lowest BCUT2D eigenvalue weighted by atomic mass is 10.1. The van der Waals surface area contributed by atoms with Crippen LogP contribution < -0.4 is 5.32 Å². The second-order valence-corrected chi connectivity index (χ2v) is 5.79. The average molecular weight is 266 g/mol. The molecule has 108 valence electrons. The molecule has 1 aliphatic carbocycles. The standard InChI is InChI=1S/C15H26N2O2/c18-14-9-5-6-10-15(19)17(14)12-11-16-13-7-3-1-2-4-8-13/h13,16H,1-12H2. The summed E-state index contributed by atoms with van der Waals surface area (Å²) in [4.78, 5) is 25.1. The molecule has 0 aromatic carbocycles. The van der Waals surface area contributed by atoms with Gasteiger partial charge in [0.05, 0.1) is 0 Å².